The molecule has 86 valence electrons. The van der Waals surface area contributed by atoms with Crippen LogP contribution in [0.1, 0.15) is 36.6 Å². The third kappa shape index (κ3) is 1.62. The number of hydrogen-bond acceptors (Lipinski definition) is 4. The van der Waals surface area contributed by atoms with Gasteiger partial charge in [0.2, 0.25) is 0 Å². The highest BCUT2D eigenvalue weighted by Crippen LogP contribution is 2.35. The topological polar surface area (TPSA) is 67.6 Å². The van der Waals surface area contributed by atoms with E-state index in [2.05, 4.69) is 16.2 Å². The Morgan fingerprint density at radius 2 is 2.35 bits per heavy atom. The van der Waals surface area contributed by atoms with E-state index in [4.69, 9.17) is 9.78 Å². The Hall–Kier alpha value is -2.09. The fraction of sp³-hybridized carbons (Fsp3) is 0.417. The molecule has 1 saturated carbocycles. The van der Waals surface area contributed by atoms with Crippen molar-refractivity contribution < 1.29 is 4.52 Å². The Morgan fingerprint density at radius 3 is 2.94 bits per heavy atom. The van der Waals surface area contributed by atoms with Crippen molar-refractivity contribution in [2.45, 2.75) is 25.2 Å². The maximum atomic E-state index is 8.83. The van der Waals surface area contributed by atoms with Crippen LogP contribution >= 0.6 is 0 Å². The summed E-state index contributed by atoms with van der Waals surface area (Å²) in [5.74, 6) is 1.75. The molecule has 5 nitrogen and oxygen atoms in total. The summed E-state index contributed by atoms with van der Waals surface area (Å²) < 4.78 is 7.08. The van der Waals surface area contributed by atoms with Crippen molar-refractivity contribution in [1.29, 1.82) is 5.26 Å². The van der Waals surface area contributed by atoms with E-state index in [1.807, 2.05) is 11.6 Å². The molecule has 17 heavy (non-hydrogen) atoms. The van der Waals surface area contributed by atoms with Gasteiger partial charge < -0.3 is 9.09 Å². The third-order valence-corrected chi connectivity index (χ3v) is 3.27. The summed E-state index contributed by atoms with van der Waals surface area (Å²) in [4.78, 5) is 4.40. The van der Waals surface area contributed by atoms with E-state index >= 15 is 0 Å². The lowest BCUT2D eigenvalue weighted by Gasteiger charge is -2.20. The second-order valence-electron chi connectivity index (χ2n) is 4.42. The average molecular weight is 228 g/mol. The van der Waals surface area contributed by atoms with Crippen LogP contribution in [0.5, 0.6) is 0 Å². The minimum atomic E-state index is 0.461. The molecule has 2 aromatic rings. The molecule has 0 bridgehead atoms. The molecule has 2 aromatic heterocycles. The van der Waals surface area contributed by atoms with Crippen molar-refractivity contribution in [1.82, 2.24) is 14.7 Å². The van der Waals surface area contributed by atoms with Crippen LogP contribution in [-0.2, 0) is 7.05 Å². The molecule has 3 rings (SSSR count). The van der Waals surface area contributed by atoms with Crippen LogP contribution < -0.4 is 0 Å². The van der Waals surface area contributed by atoms with E-state index in [0.29, 0.717) is 17.4 Å². The quantitative estimate of drug-likeness (QED) is 0.790. The number of aryl methyl sites for hydroxylation is 1. The number of rotatable bonds is 2. The summed E-state index contributed by atoms with van der Waals surface area (Å²) in [5, 5.41) is 12.8. The van der Waals surface area contributed by atoms with Crippen molar-refractivity contribution >= 4 is 0 Å². The lowest BCUT2D eigenvalue weighted by atomic mass is 9.85. The molecule has 0 radical (unpaired) electrons. The fourth-order valence-corrected chi connectivity index (χ4v) is 2.01. The first-order valence-corrected chi connectivity index (χ1v) is 5.68. The summed E-state index contributed by atoms with van der Waals surface area (Å²) in [5.41, 5.74) is 1.39. The molecule has 0 aromatic carbocycles. The second kappa shape index (κ2) is 3.74. The van der Waals surface area contributed by atoms with E-state index in [1.54, 1.807) is 12.3 Å². The zero-order valence-electron chi connectivity index (χ0n) is 9.55. The van der Waals surface area contributed by atoms with E-state index in [-0.39, 0.29) is 0 Å². The van der Waals surface area contributed by atoms with Crippen molar-refractivity contribution in [3.8, 4) is 17.7 Å². The maximum absolute atomic E-state index is 8.83. The minimum absolute atomic E-state index is 0.461. The van der Waals surface area contributed by atoms with Crippen LogP contribution in [0.4, 0.5) is 0 Å². The lowest BCUT2D eigenvalue weighted by molar-refractivity contribution is 0.365. The van der Waals surface area contributed by atoms with Crippen LogP contribution in [-0.4, -0.2) is 14.7 Å². The molecule has 1 aliphatic carbocycles. The Labute approximate surface area is 98.7 Å². The monoisotopic (exact) mass is 228 g/mol. The fourth-order valence-electron chi connectivity index (χ4n) is 2.01. The van der Waals surface area contributed by atoms with Crippen LogP contribution in [0.2, 0.25) is 0 Å². The molecule has 0 aliphatic heterocycles. The van der Waals surface area contributed by atoms with Crippen molar-refractivity contribution in [2.75, 3.05) is 0 Å². The summed E-state index contributed by atoms with van der Waals surface area (Å²) in [6.07, 6.45) is 5.30. The van der Waals surface area contributed by atoms with Gasteiger partial charge in [0, 0.05) is 19.2 Å². The van der Waals surface area contributed by atoms with E-state index < -0.39 is 0 Å². The highest BCUT2D eigenvalue weighted by Gasteiger charge is 2.25. The summed E-state index contributed by atoms with van der Waals surface area (Å²) in [6, 6.07) is 3.86. The van der Waals surface area contributed by atoms with E-state index in [9.17, 15) is 0 Å². The maximum Gasteiger partial charge on any atom is 0.274 e. The van der Waals surface area contributed by atoms with Gasteiger partial charge in [0.15, 0.2) is 5.82 Å². The van der Waals surface area contributed by atoms with Crippen molar-refractivity contribution in [3.05, 3.63) is 23.7 Å². The molecule has 0 saturated heterocycles. The lowest BCUT2D eigenvalue weighted by Crippen LogP contribution is -2.10. The van der Waals surface area contributed by atoms with Crippen molar-refractivity contribution in [3.63, 3.8) is 0 Å². The van der Waals surface area contributed by atoms with Crippen LogP contribution in [0.15, 0.2) is 16.8 Å². The predicted molar refractivity (Wildman–Crippen MR) is 60.0 cm³/mol. The molecule has 0 amide bonds. The van der Waals surface area contributed by atoms with Gasteiger partial charge in [-0.3, -0.25) is 0 Å². The molecular weight excluding hydrogens is 216 g/mol. The largest absolute Gasteiger partial charge is 0.345 e. The third-order valence-electron chi connectivity index (χ3n) is 3.27. The molecule has 1 aliphatic rings. The van der Waals surface area contributed by atoms with E-state index in [0.717, 1.165) is 24.4 Å². The summed E-state index contributed by atoms with van der Waals surface area (Å²) >= 11 is 0. The number of aromatic nitrogens is 3. The van der Waals surface area contributed by atoms with Gasteiger partial charge >= 0.3 is 0 Å². The normalized spacial score (nSPS) is 15.5. The first-order chi connectivity index (χ1) is 8.28. The van der Waals surface area contributed by atoms with Gasteiger partial charge in [-0.2, -0.15) is 10.2 Å². The number of nitriles is 1. The Balaban J connectivity index is 1.95. The van der Waals surface area contributed by atoms with Crippen LogP contribution in [0, 0.1) is 11.3 Å². The Bertz CT molecular complexity index is 586. The minimum Gasteiger partial charge on any atom is -0.345 e. The molecule has 0 N–H and O–H groups in total. The highest BCUT2D eigenvalue weighted by atomic mass is 16.5. The first kappa shape index (κ1) is 10.1. The molecule has 0 atom stereocenters. The van der Waals surface area contributed by atoms with Crippen LogP contribution in [0.25, 0.3) is 11.6 Å². The zero-order valence-corrected chi connectivity index (χ0v) is 9.55. The van der Waals surface area contributed by atoms with Gasteiger partial charge in [-0.15, -0.1) is 0 Å². The Kier molecular flexibility index (Phi) is 2.22. The average Bonchev–Trinajstić information content (AvgIpc) is 2.82. The number of hydrogen-bond donors (Lipinski definition) is 0. The SMILES string of the molecule is Cn1cc(C#N)cc1-c1nc(C2CCC2)no1. The van der Waals surface area contributed by atoms with Gasteiger partial charge in [0.05, 0.1) is 5.56 Å². The zero-order chi connectivity index (χ0) is 11.8. The predicted octanol–water partition coefficient (Wildman–Crippen LogP) is 2.21. The highest BCUT2D eigenvalue weighted by molar-refractivity contribution is 5.52. The molecule has 0 unspecified atom stereocenters. The summed E-state index contributed by atoms with van der Waals surface area (Å²) in [6.45, 7) is 0. The molecule has 0 spiro atoms. The van der Waals surface area contributed by atoms with E-state index in [1.165, 1.54) is 6.42 Å². The van der Waals surface area contributed by atoms with Gasteiger partial charge in [0.25, 0.3) is 5.89 Å². The molecule has 1 fully saturated rings. The van der Waals surface area contributed by atoms with Gasteiger partial charge in [-0.05, 0) is 18.9 Å². The van der Waals surface area contributed by atoms with Gasteiger partial charge in [0.1, 0.15) is 11.8 Å². The first-order valence-electron chi connectivity index (χ1n) is 5.68. The van der Waals surface area contributed by atoms with Crippen molar-refractivity contribution in [2.24, 2.45) is 7.05 Å². The van der Waals surface area contributed by atoms with Gasteiger partial charge in [-0.25, -0.2) is 0 Å². The standard InChI is InChI=1S/C12H12N4O/c1-16-7-8(6-13)5-10(16)12-14-11(15-17-12)9-3-2-4-9/h5,7,9H,2-4H2,1H3. The smallest absolute Gasteiger partial charge is 0.274 e. The molecule has 2 heterocycles. The molecular formula is C12H12N4O. The molecule has 5 heteroatoms. The number of nitrogens with zero attached hydrogens (tertiary/aromatic N) is 4. The second-order valence-corrected chi connectivity index (χ2v) is 4.42. The Morgan fingerprint density at radius 1 is 1.53 bits per heavy atom. The summed E-state index contributed by atoms with van der Waals surface area (Å²) in [7, 11) is 1.86. The van der Waals surface area contributed by atoms with Gasteiger partial charge in [-0.1, -0.05) is 11.6 Å². The van der Waals surface area contributed by atoms with Crippen LogP contribution in [0.3, 0.4) is 0 Å².